The van der Waals surface area contributed by atoms with E-state index in [-0.39, 0.29) is 23.1 Å². The predicted octanol–water partition coefficient (Wildman–Crippen LogP) is 0.510. The van der Waals surface area contributed by atoms with Crippen LogP contribution in [0, 0.1) is 0 Å². The van der Waals surface area contributed by atoms with Crippen LogP contribution >= 0.6 is 0 Å². The van der Waals surface area contributed by atoms with Crippen LogP contribution in [0.1, 0.15) is 25.7 Å². The van der Waals surface area contributed by atoms with Crippen LogP contribution in [0.5, 0.6) is 5.75 Å². The van der Waals surface area contributed by atoms with Gasteiger partial charge in [-0.3, -0.25) is 0 Å². The Morgan fingerprint density at radius 1 is 1.43 bits per heavy atom. The molecule has 0 saturated heterocycles. The Bertz CT molecular complexity index is 888. The minimum atomic E-state index is -3.97. The molecule has 10 heteroatoms. The van der Waals surface area contributed by atoms with Crippen molar-refractivity contribution in [1.82, 2.24) is 10.2 Å². The molecule has 2 heterocycles. The molecule has 1 unspecified atom stereocenters. The van der Waals surface area contributed by atoms with Gasteiger partial charge in [0.25, 0.3) is 5.89 Å². The highest BCUT2D eigenvalue weighted by atomic mass is 32.2. The fourth-order valence-electron chi connectivity index (χ4n) is 2.65. The fraction of sp³-hybridized carbons (Fsp3) is 0.385. The van der Waals surface area contributed by atoms with Crippen molar-refractivity contribution in [2.24, 2.45) is 5.14 Å². The molecule has 4 N–H and O–H groups in total. The van der Waals surface area contributed by atoms with E-state index in [9.17, 15) is 13.2 Å². The van der Waals surface area contributed by atoms with Crippen molar-refractivity contribution in [3.05, 3.63) is 34.6 Å². The van der Waals surface area contributed by atoms with E-state index in [2.05, 4.69) is 15.5 Å². The van der Waals surface area contributed by atoms with Crippen LogP contribution < -0.4 is 20.9 Å². The van der Waals surface area contributed by atoms with Crippen molar-refractivity contribution >= 4 is 15.7 Å². The number of benzene rings is 1. The molecule has 0 amide bonds. The van der Waals surface area contributed by atoms with Gasteiger partial charge in [0.15, 0.2) is 5.75 Å². The van der Waals surface area contributed by atoms with E-state index in [1.54, 1.807) is 12.1 Å². The molecule has 0 aliphatic carbocycles. The second kappa shape index (κ2) is 5.39. The Hall–Kier alpha value is -2.33. The molecular formula is C13H16N4O5S. The van der Waals surface area contributed by atoms with Crippen molar-refractivity contribution < 1.29 is 17.6 Å². The zero-order chi connectivity index (χ0) is 16.7. The average molecular weight is 340 g/mol. The number of nitrogens with one attached hydrogen (secondary N) is 2. The number of sulfonamides is 1. The number of hydrogen-bond acceptors (Lipinski definition) is 7. The molecule has 1 atom stereocenters. The first-order chi connectivity index (χ1) is 10.9. The second-order valence-electron chi connectivity index (χ2n) is 5.30. The van der Waals surface area contributed by atoms with Gasteiger partial charge in [-0.2, -0.15) is 0 Å². The van der Waals surface area contributed by atoms with Gasteiger partial charge in [0, 0.05) is 0 Å². The third-order valence-electron chi connectivity index (χ3n) is 3.63. The molecule has 0 radical (unpaired) electrons. The van der Waals surface area contributed by atoms with Crippen LogP contribution in [0.2, 0.25) is 0 Å². The summed E-state index contributed by atoms with van der Waals surface area (Å²) >= 11 is 0. The molecule has 0 bridgehead atoms. The summed E-state index contributed by atoms with van der Waals surface area (Å²) in [4.78, 5) is 11.1. The van der Waals surface area contributed by atoms with Crippen molar-refractivity contribution in [2.75, 3.05) is 11.9 Å². The van der Waals surface area contributed by atoms with E-state index in [1.165, 1.54) is 6.07 Å². The number of rotatable bonds is 4. The van der Waals surface area contributed by atoms with E-state index in [1.807, 2.05) is 6.92 Å². The molecule has 2 aromatic rings. The molecule has 1 aliphatic rings. The summed E-state index contributed by atoms with van der Waals surface area (Å²) in [5, 5.41) is 14.4. The van der Waals surface area contributed by atoms with Crippen LogP contribution in [0.25, 0.3) is 0 Å². The number of ether oxygens (including phenoxy) is 1. The number of aromatic nitrogens is 2. The van der Waals surface area contributed by atoms with Gasteiger partial charge in [0.1, 0.15) is 4.90 Å². The molecule has 3 rings (SSSR count). The van der Waals surface area contributed by atoms with Crippen molar-refractivity contribution in [1.29, 1.82) is 0 Å². The monoisotopic (exact) mass is 340 g/mol. The Balaban J connectivity index is 2.14. The van der Waals surface area contributed by atoms with Crippen LogP contribution in [0.4, 0.5) is 5.69 Å². The minimum absolute atomic E-state index is 0.0618. The molecule has 124 valence electrons. The first-order valence-electron chi connectivity index (χ1n) is 7.00. The highest BCUT2D eigenvalue weighted by molar-refractivity contribution is 7.89. The standard InChI is InChI=1S/C13H16N4O5S/c1-2-6-13(11-16-17-12(18)21-11)7-15-8-4-3-5-9(10(8)22-13)23(14,19)20/h3-5,15H,2,6-7H2,1H3,(H,17,18)(H2,14,19,20). The topological polar surface area (TPSA) is 140 Å². The van der Waals surface area contributed by atoms with Gasteiger partial charge in [0.05, 0.1) is 12.2 Å². The maximum Gasteiger partial charge on any atom is 0.434 e. The number of aromatic amines is 1. The summed E-state index contributed by atoms with van der Waals surface area (Å²) in [7, 11) is -3.97. The van der Waals surface area contributed by atoms with Gasteiger partial charge in [-0.15, -0.1) is 5.10 Å². The van der Waals surface area contributed by atoms with Crippen LogP contribution in [-0.4, -0.2) is 25.2 Å². The largest absolute Gasteiger partial charge is 0.472 e. The summed E-state index contributed by atoms with van der Waals surface area (Å²) < 4.78 is 34.6. The number of nitrogens with zero attached hydrogens (tertiary/aromatic N) is 1. The lowest BCUT2D eigenvalue weighted by atomic mass is 9.95. The zero-order valence-corrected chi connectivity index (χ0v) is 13.1. The third kappa shape index (κ3) is 2.70. The van der Waals surface area contributed by atoms with Crippen molar-refractivity contribution in [2.45, 2.75) is 30.3 Å². The lowest BCUT2D eigenvalue weighted by Crippen LogP contribution is -2.44. The van der Waals surface area contributed by atoms with E-state index in [4.69, 9.17) is 14.3 Å². The Morgan fingerprint density at radius 3 is 2.83 bits per heavy atom. The van der Waals surface area contributed by atoms with Crippen molar-refractivity contribution in [3.63, 3.8) is 0 Å². The zero-order valence-electron chi connectivity index (χ0n) is 12.3. The van der Waals surface area contributed by atoms with Gasteiger partial charge in [-0.1, -0.05) is 19.4 Å². The normalized spacial score (nSPS) is 20.4. The Kier molecular flexibility index (Phi) is 3.65. The quantitative estimate of drug-likeness (QED) is 0.736. The van der Waals surface area contributed by atoms with Gasteiger partial charge >= 0.3 is 5.76 Å². The molecular weight excluding hydrogens is 324 g/mol. The Labute approximate surface area is 131 Å². The highest BCUT2D eigenvalue weighted by Crippen LogP contribution is 2.42. The molecule has 1 aliphatic heterocycles. The Morgan fingerprint density at radius 2 is 2.22 bits per heavy atom. The summed E-state index contributed by atoms with van der Waals surface area (Å²) in [6, 6.07) is 4.61. The maximum atomic E-state index is 11.8. The van der Waals surface area contributed by atoms with E-state index < -0.39 is 21.4 Å². The summed E-state index contributed by atoms with van der Waals surface area (Å²) in [5.74, 6) is -0.545. The molecule has 9 nitrogen and oxygen atoms in total. The summed E-state index contributed by atoms with van der Waals surface area (Å²) in [6.07, 6.45) is 1.16. The first-order valence-corrected chi connectivity index (χ1v) is 8.55. The number of H-pyrrole nitrogens is 1. The van der Waals surface area contributed by atoms with Crippen LogP contribution in [0.15, 0.2) is 32.3 Å². The summed E-state index contributed by atoms with van der Waals surface area (Å²) in [6.45, 7) is 2.20. The summed E-state index contributed by atoms with van der Waals surface area (Å²) in [5.41, 5.74) is -0.594. The van der Waals surface area contributed by atoms with E-state index >= 15 is 0 Å². The van der Waals surface area contributed by atoms with Crippen LogP contribution in [0.3, 0.4) is 0 Å². The van der Waals surface area contributed by atoms with Gasteiger partial charge in [-0.05, 0) is 18.6 Å². The number of primary sulfonamides is 1. The highest BCUT2D eigenvalue weighted by Gasteiger charge is 2.44. The molecule has 1 aromatic heterocycles. The smallest absolute Gasteiger partial charge is 0.434 e. The maximum absolute atomic E-state index is 11.8. The van der Waals surface area contributed by atoms with Crippen molar-refractivity contribution in [3.8, 4) is 5.75 Å². The minimum Gasteiger partial charge on any atom is -0.472 e. The molecule has 0 fully saturated rings. The number of nitrogens with two attached hydrogens (primary N) is 1. The number of hydrogen-bond donors (Lipinski definition) is 3. The van der Waals surface area contributed by atoms with Gasteiger partial charge < -0.3 is 14.5 Å². The number of fused-ring (bicyclic) bond motifs is 1. The van der Waals surface area contributed by atoms with E-state index in [0.29, 0.717) is 18.5 Å². The molecule has 0 spiro atoms. The third-order valence-corrected chi connectivity index (χ3v) is 4.56. The lowest BCUT2D eigenvalue weighted by molar-refractivity contribution is 0.0301. The van der Waals surface area contributed by atoms with E-state index in [0.717, 1.165) is 0 Å². The fourth-order valence-corrected chi connectivity index (χ4v) is 3.33. The molecule has 0 saturated carbocycles. The molecule has 23 heavy (non-hydrogen) atoms. The predicted molar refractivity (Wildman–Crippen MR) is 80.6 cm³/mol. The average Bonchev–Trinajstić information content (AvgIpc) is 2.93. The number of para-hydroxylation sites is 1. The van der Waals surface area contributed by atoms with Gasteiger partial charge in [0.2, 0.25) is 15.6 Å². The second-order valence-corrected chi connectivity index (χ2v) is 6.83. The SMILES string of the molecule is CCCC1(c2n[nH]c(=O)o2)CNc2cccc(S(N)(=O)=O)c2O1. The molecule has 1 aromatic carbocycles. The lowest BCUT2D eigenvalue weighted by Gasteiger charge is -2.37. The van der Waals surface area contributed by atoms with Crippen LogP contribution in [-0.2, 0) is 15.6 Å². The first kappa shape index (κ1) is 15.6. The number of anilines is 1. The van der Waals surface area contributed by atoms with Gasteiger partial charge in [-0.25, -0.2) is 23.4 Å².